The number of nitrogens with one attached hydrogen (secondary N) is 1. The fourth-order valence-electron chi connectivity index (χ4n) is 2.55. The van der Waals surface area contributed by atoms with E-state index in [1.165, 1.54) is 18.4 Å². The molecular weight excluding hydrogens is 362 g/mol. The van der Waals surface area contributed by atoms with Crippen LogP contribution in [0.3, 0.4) is 0 Å². The van der Waals surface area contributed by atoms with E-state index in [4.69, 9.17) is 4.74 Å². The van der Waals surface area contributed by atoms with E-state index < -0.39 is 18.0 Å². The molecule has 0 unspecified atom stereocenters. The lowest BCUT2D eigenvalue weighted by atomic mass is 10.1. The Morgan fingerprint density at radius 2 is 1.79 bits per heavy atom. The van der Waals surface area contributed by atoms with Gasteiger partial charge in [0.1, 0.15) is 0 Å². The summed E-state index contributed by atoms with van der Waals surface area (Å²) in [5.74, 6) is -1.30. The van der Waals surface area contributed by atoms with Gasteiger partial charge in [0.15, 0.2) is 11.9 Å². The zero-order valence-electron chi connectivity index (χ0n) is 15.9. The number of rotatable bonds is 5. The molecule has 1 atom stereocenters. The molecular formula is C19H19N5O4. The summed E-state index contributed by atoms with van der Waals surface area (Å²) in [5.41, 5.74) is 2.54. The minimum atomic E-state index is -1.07. The molecule has 9 nitrogen and oxygen atoms in total. The van der Waals surface area contributed by atoms with Crippen molar-refractivity contribution in [2.24, 2.45) is 0 Å². The van der Waals surface area contributed by atoms with Crippen molar-refractivity contribution in [2.45, 2.75) is 33.8 Å². The lowest BCUT2D eigenvalue weighted by molar-refractivity contribution is -0.123. The smallest absolute Gasteiger partial charge is 0.379 e. The molecule has 0 aliphatic carbocycles. The van der Waals surface area contributed by atoms with Gasteiger partial charge in [-0.15, -0.1) is 5.10 Å². The van der Waals surface area contributed by atoms with Crippen LogP contribution in [0.1, 0.15) is 46.2 Å². The predicted octanol–water partition coefficient (Wildman–Crippen LogP) is 2.13. The third kappa shape index (κ3) is 4.03. The number of Topliss-reactive ketones (excluding diaryl/α,β-unsaturated/α-hetero) is 1. The average Bonchev–Trinajstić information content (AvgIpc) is 3.06. The highest BCUT2D eigenvalue weighted by Gasteiger charge is 2.23. The molecule has 0 spiro atoms. The van der Waals surface area contributed by atoms with E-state index in [0.29, 0.717) is 11.3 Å². The first-order valence-corrected chi connectivity index (χ1v) is 8.58. The van der Waals surface area contributed by atoms with Gasteiger partial charge in [-0.2, -0.15) is 4.98 Å². The Morgan fingerprint density at radius 1 is 1.11 bits per heavy atom. The first-order chi connectivity index (χ1) is 13.2. The minimum Gasteiger partial charge on any atom is -0.447 e. The van der Waals surface area contributed by atoms with Gasteiger partial charge in [-0.1, -0.05) is 0 Å². The van der Waals surface area contributed by atoms with Gasteiger partial charge in [0.2, 0.25) is 0 Å². The predicted molar refractivity (Wildman–Crippen MR) is 100 cm³/mol. The molecule has 28 heavy (non-hydrogen) atoms. The van der Waals surface area contributed by atoms with Crippen LogP contribution < -0.4 is 5.32 Å². The van der Waals surface area contributed by atoms with Crippen molar-refractivity contribution >= 4 is 29.1 Å². The highest BCUT2D eigenvalue weighted by Crippen LogP contribution is 2.12. The summed E-state index contributed by atoms with van der Waals surface area (Å²) in [7, 11) is 0. The van der Waals surface area contributed by atoms with Crippen LogP contribution in [0.25, 0.3) is 5.78 Å². The Labute approximate surface area is 160 Å². The fourth-order valence-corrected chi connectivity index (χ4v) is 2.55. The van der Waals surface area contributed by atoms with Gasteiger partial charge in [0.25, 0.3) is 17.5 Å². The van der Waals surface area contributed by atoms with Crippen molar-refractivity contribution in [1.82, 2.24) is 19.6 Å². The second-order valence-electron chi connectivity index (χ2n) is 6.36. The number of ketones is 1. The molecule has 3 aromatic rings. The Bertz CT molecular complexity index is 1070. The second-order valence-corrected chi connectivity index (χ2v) is 6.36. The third-order valence-electron chi connectivity index (χ3n) is 4.01. The molecule has 0 aliphatic rings. The monoisotopic (exact) mass is 381 g/mol. The summed E-state index contributed by atoms with van der Waals surface area (Å²) < 4.78 is 6.60. The van der Waals surface area contributed by atoms with E-state index in [9.17, 15) is 14.4 Å². The van der Waals surface area contributed by atoms with Gasteiger partial charge in [-0.05, 0) is 58.0 Å². The number of amides is 1. The molecule has 0 bridgehead atoms. The Hall–Kier alpha value is -3.62. The molecule has 0 saturated carbocycles. The van der Waals surface area contributed by atoms with Crippen LogP contribution in [0.5, 0.6) is 0 Å². The van der Waals surface area contributed by atoms with Crippen molar-refractivity contribution in [2.75, 3.05) is 5.32 Å². The van der Waals surface area contributed by atoms with Crippen LogP contribution in [0.15, 0.2) is 30.3 Å². The van der Waals surface area contributed by atoms with Crippen LogP contribution in [0.2, 0.25) is 0 Å². The van der Waals surface area contributed by atoms with Gasteiger partial charge in [-0.25, -0.2) is 14.3 Å². The number of hydrogen-bond donors (Lipinski definition) is 1. The standard InChI is InChI=1S/C19H19N5O4/c1-10-9-11(2)24-19(20-10)22-16(23-24)18(27)28-13(4)17(26)21-15-7-5-14(6-8-15)12(3)25/h5-9,13H,1-4H3,(H,21,26)/t13-/m1/s1. The van der Waals surface area contributed by atoms with E-state index in [2.05, 4.69) is 20.4 Å². The number of esters is 1. The van der Waals surface area contributed by atoms with Crippen molar-refractivity contribution in [1.29, 1.82) is 0 Å². The van der Waals surface area contributed by atoms with Gasteiger partial charge in [-0.3, -0.25) is 9.59 Å². The number of benzene rings is 1. The second kappa shape index (κ2) is 7.55. The van der Waals surface area contributed by atoms with E-state index >= 15 is 0 Å². The van der Waals surface area contributed by atoms with Crippen LogP contribution in [-0.2, 0) is 9.53 Å². The molecule has 1 aromatic carbocycles. The molecule has 144 valence electrons. The lowest BCUT2D eigenvalue weighted by Crippen LogP contribution is -2.30. The molecule has 9 heteroatoms. The topological polar surface area (TPSA) is 116 Å². The zero-order valence-corrected chi connectivity index (χ0v) is 15.9. The Morgan fingerprint density at radius 3 is 2.43 bits per heavy atom. The molecule has 0 saturated heterocycles. The van der Waals surface area contributed by atoms with Crippen LogP contribution in [-0.4, -0.2) is 43.3 Å². The molecule has 0 fully saturated rings. The number of fused-ring (bicyclic) bond motifs is 1. The van der Waals surface area contributed by atoms with Crippen LogP contribution >= 0.6 is 0 Å². The maximum atomic E-state index is 12.3. The van der Waals surface area contributed by atoms with E-state index in [0.717, 1.165) is 11.4 Å². The number of nitrogens with zero attached hydrogens (tertiary/aromatic N) is 4. The Balaban J connectivity index is 1.67. The number of carbonyl (C=O) groups is 3. The maximum Gasteiger partial charge on any atom is 0.379 e. The quantitative estimate of drug-likeness (QED) is 0.531. The number of aryl methyl sites for hydroxylation is 2. The summed E-state index contributed by atoms with van der Waals surface area (Å²) in [6.07, 6.45) is -1.07. The van der Waals surface area contributed by atoms with Crippen molar-refractivity contribution in [3.05, 3.63) is 53.1 Å². The maximum absolute atomic E-state index is 12.3. The number of ether oxygens (including phenoxy) is 1. The van der Waals surface area contributed by atoms with Gasteiger partial charge < -0.3 is 10.1 Å². The number of hydrogen-bond acceptors (Lipinski definition) is 7. The average molecular weight is 381 g/mol. The van der Waals surface area contributed by atoms with E-state index in [-0.39, 0.29) is 17.4 Å². The molecule has 2 aromatic heterocycles. The normalized spacial score (nSPS) is 11.9. The van der Waals surface area contributed by atoms with E-state index in [1.807, 2.05) is 19.9 Å². The highest BCUT2D eigenvalue weighted by atomic mass is 16.5. The summed E-state index contributed by atoms with van der Waals surface area (Å²) >= 11 is 0. The zero-order chi connectivity index (χ0) is 20.4. The molecule has 1 N–H and O–H groups in total. The third-order valence-corrected chi connectivity index (χ3v) is 4.01. The van der Waals surface area contributed by atoms with E-state index in [1.54, 1.807) is 24.3 Å². The first kappa shape index (κ1) is 19.2. The largest absolute Gasteiger partial charge is 0.447 e. The lowest BCUT2D eigenvalue weighted by Gasteiger charge is -2.12. The molecule has 2 heterocycles. The molecule has 0 aliphatic heterocycles. The van der Waals surface area contributed by atoms with Gasteiger partial charge >= 0.3 is 5.97 Å². The summed E-state index contributed by atoms with van der Waals surface area (Å²) in [6, 6.07) is 8.22. The number of aromatic nitrogens is 4. The summed E-state index contributed by atoms with van der Waals surface area (Å²) in [4.78, 5) is 44.1. The minimum absolute atomic E-state index is 0.0694. The fraction of sp³-hybridized carbons (Fsp3) is 0.263. The van der Waals surface area contributed by atoms with Crippen LogP contribution in [0.4, 0.5) is 5.69 Å². The first-order valence-electron chi connectivity index (χ1n) is 8.58. The number of carbonyl (C=O) groups excluding carboxylic acids is 3. The molecule has 0 radical (unpaired) electrons. The van der Waals surface area contributed by atoms with Crippen molar-refractivity contribution in [3.8, 4) is 0 Å². The van der Waals surface area contributed by atoms with Gasteiger partial charge in [0.05, 0.1) is 0 Å². The van der Waals surface area contributed by atoms with Crippen molar-refractivity contribution < 1.29 is 19.1 Å². The number of anilines is 1. The highest BCUT2D eigenvalue weighted by molar-refractivity contribution is 5.98. The van der Waals surface area contributed by atoms with Crippen molar-refractivity contribution in [3.63, 3.8) is 0 Å². The summed E-state index contributed by atoms with van der Waals surface area (Å²) in [6.45, 7) is 6.54. The summed E-state index contributed by atoms with van der Waals surface area (Å²) in [5, 5.41) is 6.70. The molecule has 1 amide bonds. The molecule has 3 rings (SSSR count). The Kier molecular flexibility index (Phi) is 5.16. The van der Waals surface area contributed by atoms with Crippen LogP contribution in [0, 0.1) is 13.8 Å². The van der Waals surface area contributed by atoms with Gasteiger partial charge in [0, 0.05) is 22.6 Å². The SMILES string of the molecule is CC(=O)c1ccc(NC(=O)[C@@H](C)OC(=O)c2nc3nc(C)cc(C)n3n2)cc1.